The van der Waals surface area contributed by atoms with Crippen LogP contribution in [0.25, 0.3) is 0 Å². The van der Waals surface area contributed by atoms with E-state index < -0.39 is 0 Å². The first-order valence-corrected chi connectivity index (χ1v) is 4.53. The Morgan fingerprint density at radius 2 is 1.93 bits per heavy atom. The highest BCUT2D eigenvalue weighted by atomic mass is 16.4. The first-order chi connectivity index (χ1) is 6.56. The van der Waals surface area contributed by atoms with Gasteiger partial charge in [0.25, 0.3) is 0 Å². The molecule has 0 aliphatic carbocycles. The minimum Gasteiger partial charge on any atom is -0.408 e. The van der Waals surface area contributed by atoms with Gasteiger partial charge in [-0.15, -0.1) is 0 Å². The second-order valence-electron chi connectivity index (χ2n) is 2.88. The summed E-state index contributed by atoms with van der Waals surface area (Å²) in [5, 5.41) is 11.2. The predicted octanol–water partition coefficient (Wildman–Crippen LogP) is -0.509. The van der Waals surface area contributed by atoms with E-state index in [1.54, 1.807) is 11.9 Å². The number of oxime groups is 1. The second-order valence-corrected chi connectivity index (χ2v) is 2.88. The first-order valence-electron chi connectivity index (χ1n) is 4.53. The van der Waals surface area contributed by atoms with Crippen molar-refractivity contribution in [2.75, 3.05) is 26.7 Å². The molecule has 0 aromatic carbocycles. The van der Waals surface area contributed by atoms with Crippen LogP contribution in [0.4, 0.5) is 0 Å². The van der Waals surface area contributed by atoms with Gasteiger partial charge in [-0.05, 0) is 13.8 Å². The van der Waals surface area contributed by atoms with Crippen molar-refractivity contribution >= 4 is 11.9 Å². The van der Waals surface area contributed by atoms with E-state index in [0.29, 0.717) is 13.1 Å². The van der Waals surface area contributed by atoms with E-state index in [1.165, 1.54) is 4.90 Å². The van der Waals surface area contributed by atoms with Crippen LogP contribution < -0.4 is 5.73 Å². The van der Waals surface area contributed by atoms with Crippen LogP contribution in [0.3, 0.4) is 0 Å². The zero-order valence-electron chi connectivity index (χ0n) is 8.90. The summed E-state index contributed by atoms with van der Waals surface area (Å²) in [5.41, 5.74) is 5.30. The van der Waals surface area contributed by atoms with Gasteiger partial charge in [0.05, 0.1) is 6.54 Å². The molecule has 14 heavy (non-hydrogen) atoms. The van der Waals surface area contributed by atoms with Crippen LogP contribution in [0.2, 0.25) is 0 Å². The molecule has 0 heterocycles. The average molecular weight is 202 g/mol. The van der Waals surface area contributed by atoms with Gasteiger partial charge in [-0.1, -0.05) is 5.16 Å². The topological polar surface area (TPSA) is 82.2 Å². The Labute approximate surface area is 84.0 Å². The van der Waals surface area contributed by atoms with Crippen molar-refractivity contribution in [3.05, 3.63) is 0 Å². The molecule has 1 amide bonds. The van der Waals surface area contributed by atoms with Crippen LogP contribution in [0.5, 0.6) is 0 Å². The third kappa shape index (κ3) is 3.51. The summed E-state index contributed by atoms with van der Waals surface area (Å²) in [6.07, 6.45) is 0. The molecule has 82 valence electrons. The minimum absolute atomic E-state index is 0.0379. The molecule has 3 N–H and O–H groups in total. The maximum absolute atomic E-state index is 11.5. The van der Waals surface area contributed by atoms with Gasteiger partial charge < -0.3 is 20.7 Å². The van der Waals surface area contributed by atoms with E-state index in [9.17, 15) is 4.79 Å². The largest absolute Gasteiger partial charge is 0.408 e. The monoisotopic (exact) mass is 202 g/mol. The molecule has 0 spiro atoms. The molecule has 0 aliphatic rings. The molecule has 0 saturated carbocycles. The summed E-state index contributed by atoms with van der Waals surface area (Å²) in [4.78, 5) is 14.6. The normalized spacial score (nSPS) is 11.2. The highest BCUT2D eigenvalue weighted by Gasteiger charge is 2.13. The Bertz CT molecular complexity index is 213. The van der Waals surface area contributed by atoms with E-state index in [2.05, 4.69) is 5.16 Å². The number of nitrogens with zero attached hydrogens (tertiary/aromatic N) is 3. The van der Waals surface area contributed by atoms with E-state index in [0.717, 1.165) is 0 Å². The molecule has 0 saturated heterocycles. The molecule has 0 bridgehead atoms. The lowest BCUT2D eigenvalue weighted by molar-refractivity contribution is -0.130. The molecule has 0 aromatic heterocycles. The lowest BCUT2D eigenvalue weighted by atomic mass is 10.4. The first kappa shape index (κ1) is 12.5. The molecule has 0 fully saturated rings. The van der Waals surface area contributed by atoms with Gasteiger partial charge in [-0.2, -0.15) is 0 Å². The molecule has 0 unspecified atom stereocenters. The van der Waals surface area contributed by atoms with Crippen LogP contribution in [0.15, 0.2) is 5.16 Å². The van der Waals surface area contributed by atoms with Gasteiger partial charge in [0.15, 0.2) is 0 Å². The van der Waals surface area contributed by atoms with Gasteiger partial charge in [-0.3, -0.25) is 4.79 Å². The fraction of sp³-hybridized carbons (Fsp3) is 0.750. The maximum Gasteiger partial charge on any atom is 0.242 e. The fourth-order valence-corrected chi connectivity index (χ4v) is 1.04. The lowest BCUT2D eigenvalue weighted by Gasteiger charge is -2.22. The fourth-order valence-electron chi connectivity index (χ4n) is 1.04. The molecular weight excluding hydrogens is 184 g/mol. The highest BCUT2D eigenvalue weighted by molar-refractivity contribution is 5.85. The van der Waals surface area contributed by atoms with Crippen molar-refractivity contribution in [3.63, 3.8) is 0 Å². The number of amides is 1. The third-order valence-corrected chi connectivity index (χ3v) is 1.98. The molecular formula is C8H18N4O2. The number of carbonyl (C=O) groups is 1. The molecule has 6 nitrogen and oxygen atoms in total. The van der Waals surface area contributed by atoms with Crippen molar-refractivity contribution in [1.82, 2.24) is 9.80 Å². The standard InChI is InChI=1S/C8H18N4O2/c1-4-12(5-2)7(13)6-11(3)8(9)10-14/h14H,4-6H2,1-3H3,(H2,9,10). The van der Waals surface area contributed by atoms with E-state index in [-0.39, 0.29) is 18.4 Å². The Morgan fingerprint density at radius 3 is 2.29 bits per heavy atom. The molecule has 6 heteroatoms. The lowest BCUT2D eigenvalue weighted by Crippen LogP contribution is -2.43. The number of rotatable bonds is 4. The number of nitrogens with two attached hydrogens (primary N) is 1. The van der Waals surface area contributed by atoms with Gasteiger partial charge in [0.1, 0.15) is 0 Å². The summed E-state index contributed by atoms with van der Waals surface area (Å²) >= 11 is 0. The van der Waals surface area contributed by atoms with E-state index in [4.69, 9.17) is 10.9 Å². The Hall–Kier alpha value is -1.46. The summed E-state index contributed by atoms with van der Waals surface area (Å²) < 4.78 is 0. The SMILES string of the molecule is CCN(CC)C(=O)CN(C)C(N)=NO. The molecule has 0 aliphatic heterocycles. The third-order valence-electron chi connectivity index (χ3n) is 1.98. The zero-order valence-corrected chi connectivity index (χ0v) is 8.90. The average Bonchev–Trinajstić information content (AvgIpc) is 2.18. The Balaban J connectivity index is 4.17. The minimum atomic E-state index is -0.0643. The molecule has 0 rings (SSSR count). The molecule has 0 aromatic rings. The zero-order chi connectivity index (χ0) is 11.1. The summed E-state index contributed by atoms with van der Waals surface area (Å²) in [7, 11) is 1.59. The maximum atomic E-state index is 11.5. The van der Waals surface area contributed by atoms with Gasteiger partial charge >= 0.3 is 0 Å². The summed E-state index contributed by atoms with van der Waals surface area (Å²) in [6.45, 7) is 5.27. The number of guanidine groups is 1. The summed E-state index contributed by atoms with van der Waals surface area (Å²) in [6, 6.07) is 0. The van der Waals surface area contributed by atoms with Crippen molar-refractivity contribution in [2.45, 2.75) is 13.8 Å². The van der Waals surface area contributed by atoms with Crippen LogP contribution in [0.1, 0.15) is 13.8 Å². The number of hydrogen-bond donors (Lipinski definition) is 2. The van der Waals surface area contributed by atoms with Crippen molar-refractivity contribution in [3.8, 4) is 0 Å². The van der Waals surface area contributed by atoms with Crippen molar-refractivity contribution < 1.29 is 10.0 Å². The van der Waals surface area contributed by atoms with Crippen molar-refractivity contribution in [2.24, 2.45) is 10.9 Å². The van der Waals surface area contributed by atoms with Gasteiger partial charge in [0, 0.05) is 20.1 Å². The van der Waals surface area contributed by atoms with Crippen molar-refractivity contribution in [1.29, 1.82) is 0 Å². The Kier molecular flexibility index (Phi) is 5.43. The highest BCUT2D eigenvalue weighted by Crippen LogP contribution is 1.91. The smallest absolute Gasteiger partial charge is 0.242 e. The van der Waals surface area contributed by atoms with Crippen LogP contribution in [-0.2, 0) is 4.79 Å². The van der Waals surface area contributed by atoms with Crippen LogP contribution in [-0.4, -0.2) is 53.6 Å². The van der Waals surface area contributed by atoms with Crippen LogP contribution in [0, 0.1) is 0 Å². The second kappa shape index (κ2) is 6.06. The number of likely N-dealkylation sites (N-methyl/N-ethyl adjacent to an activating group) is 2. The van der Waals surface area contributed by atoms with E-state index in [1.807, 2.05) is 13.8 Å². The van der Waals surface area contributed by atoms with E-state index >= 15 is 0 Å². The number of hydrogen-bond acceptors (Lipinski definition) is 3. The predicted molar refractivity (Wildman–Crippen MR) is 54.0 cm³/mol. The Morgan fingerprint density at radius 1 is 1.43 bits per heavy atom. The van der Waals surface area contributed by atoms with Crippen LogP contribution >= 0.6 is 0 Å². The molecule has 0 atom stereocenters. The quantitative estimate of drug-likeness (QED) is 0.278. The summed E-state index contributed by atoms with van der Waals surface area (Å²) in [5.74, 6) is -0.102. The van der Waals surface area contributed by atoms with Gasteiger partial charge in [-0.25, -0.2) is 0 Å². The van der Waals surface area contributed by atoms with Gasteiger partial charge in [0.2, 0.25) is 11.9 Å². The molecule has 0 radical (unpaired) electrons. The number of carbonyl (C=O) groups excluding carboxylic acids is 1.